The number of thiol groups is 1. The van der Waals surface area contributed by atoms with Gasteiger partial charge in [0.05, 0.1) is 7.82 Å². The fourth-order valence-electron chi connectivity index (χ4n) is 0.770. The van der Waals surface area contributed by atoms with E-state index in [-0.39, 0.29) is 19.5 Å². The molecule has 11 nitrogen and oxygen atoms in total. The molecule has 17 heteroatoms. The van der Waals surface area contributed by atoms with Gasteiger partial charge in [0.1, 0.15) is 4.32 Å². The molecule has 0 amide bonds. The SMILES string of the molecule is CCN(CC)C(=S)S.O=P([O-])([O-])OP(=O)(O)OP(=O)(O)O.[Zn+2]. The minimum Gasteiger partial charge on any atom is -0.789 e. The third-order valence-electron chi connectivity index (χ3n) is 1.45. The predicted molar refractivity (Wildman–Crippen MR) is 76.2 cm³/mol. The zero-order chi connectivity index (χ0) is 17.5. The van der Waals surface area contributed by atoms with Crippen LogP contribution in [0, 0.1) is 0 Å². The molecule has 0 aromatic rings. The summed E-state index contributed by atoms with van der Waals surface area (Å²) in [6.45, 7) is 6.04. The first kappa shape index (κ1) is 28.1. The summed E-state index contributed by atoms with van der Waals surface area (Å²) >= 11 is 8.82. The molecule has 1 atom stereocenters. The number of phosphoric acid groups is 3. The van der Waals surface area contributed by atoms with Gasteiger partial charge in [-0.15, -0.1) is 12.6 Å². The fourth-order valence-corrected chi connectivity index (χ4v) is 3.78. The van der Waals surface area contributed by atoms with Crippen molar-refractivity contribution in [1.82, 2.24) is 4.90 Å². The summed E-state index contributed by atoms with van der Waals surface area (Å²) in [6, 6.07) is 0. The molecule has 3 N–H and O–H groups in total. The third kappa shape index (κ3) is 19.3. The van der Waals surface area contributed by atoms with Crippen molar-refractivity contribution in [2.75, 3.05) is 13.1 Å². The van der Waals surface area contributed by atoms with Gasteiger partial charge in [-0.1, -0.05) is 12.2 Å². The first-order valence-corrected chi connectivity index (χ1v) is 10.3. The van der Waals surface area contributed by atoms with Gasteiger partial charge in [-0.3, -0.25) is 4.31 Å². The molecule has 0 aromatic carbocycles. The summed E-state index contributed by atoms with van der Waals surface area (Å²) in [5.41, 5.74) is 0. The molecule has 0 aliphatic carbocycles. The number of rotatable bonds is 6. The number of thiocarbonyl (C=S) groups is 1. The van der Waals surface area contributed by atoms with E-state index in [9.17, 15) is 23.5 Å². The maximum atomic E-state index is 10.3. The van der Waals surface area contributed by atoms with Crippen LogP contribution in [0.2, 0.25) is 0 Å². The van der Waals surface area contributed by atoms with Crippen LogP contribution in [0.4, 0.5) is 0 Å². The molecule has 0 rings (SSSR count). The Morgan fingerprint density at radius 1 is 1.14 bits per heavy atom. The van der Waals surface area contributed by atoms with Gasteiger partial charge >= 0.3 is 35.1 Å². The van der Waals surface area contributed by atoms with Crippen LogP contribution >= 0.6 is 48.3 Å². The van der Waals surface area contributed by atoms with Gasteiger partial charge in [0, 0.05) is 13.1 Å². The van der Waals surface area contributed by atoms with Gasteiger partial charge in [-0.25, -0.2) is 9.13 Å². The van der Waals surface area contributed by atoms with Crippen LogP contribution in [-0.2, 0) is 41.8 Å². The standard InChI is InChI=1S/C5H11NS2.H5O10P3.Zn/c1-3-6(4-2)5(7)8;1-11(2,3)9-13(7,8)10-12(4,5)6;/h3-4H2,1-2H3,(H,7,8);(H,7,8)(H2,1,2,3)(H2,4,5,6);/q;;+2/p-2. The van der Waals surface area contributed by atoms with E-state index < -0.39 is 23.5 Å². The Bertz CT molecular complexity index is 447. The smallest absolute Gasteiger partial charge is 0.789 e. The van der Waals surface area contributed by atoms with Crippen molar-refractivity contribution >= 4 is 52.6 Å². The molecule has 0 saturated heterocycles. The molecule has 0 spiro atoms. The van der Waals surface area contributed by atoms with E-state index in [2.05, 4.69) is 35.1 Å². The molecule has 0 heterocycles. The zero-order valence-electron chi connectivity index (χ0n) is 11.5. The molecular weight excluding hydrogens is 456 g/mol. The van der Waals surface area contributed by atoms with Crippen molar-refractivity contribution in [3.63, 3.8) is 0 Å². The molecule has 22 heavy (non-hydrogen) atoms. The first-order valence-electron chi connectivity index (χ1n) is 4.94. The Labute approximate surface area is 150 Å². The van der Waals surface area contributed by atoms with E-state index in [0.717, 1.165) is 13.1 Å². The van der Waals surface area contributed by atoms with Crippen LogP contribution in [0.15, 0.2) is 0 Å². The largest absolute Gasteiger partial charge is 2.00 e. The van der Waals surface area contributed by atoms with Gasteiger partial charge in [0.25, 0.3) is 0 Å². The van der Waals surface area contributed by atoms with E-state index in [1.54, 1.807) is 0 Å². The van der Waals surface area contributed by atoms with Crippen molar-refractivity contribution in [3.05, 3.63) is 0 Å². The van der Waals surface area contributed by atoms with Crippen molar-refractivity contribution < 1.29 is 66.3 Å². The Hall–Kier alpha value is 1.27. The summed E-state index contributed by atoms with van der Waals surface area (Å²) in [4.78, 5) is 45.5. The Balaban J connectivity index is -0.000000348. The molecular formula is C5H14NO10P3S2Zn. The average molecular weight is 471 g/mol. The van der Waals surface area contributed by atoms with Crippen molar-refractivity contribution in [1.29, 1.82) is 0 Å². The Kier molecular flexibility index (Phi) is 15.0. The van der Waals surface area contributed by atoms with E-state index in [0.29, 0.717) is 4.32 Å². The summed E-state index contributed by atoms with van der Waals surface area (Å²) in [7, 11) is -16.9. The molecule has 0 bridgehead atoms. The van der Waals surface area contributed by atoms with Crippen LogP contribution in [0.5, 0.6) is 0 Å². The monoisotopic (exact) mass is 469 g/mol. The quantitative estimate of drug-likeness (QED) is 0.171. The van der Waals surface area contributed by atoms with Crippen molar-refractivity contribution in [2.45, 2.75) is 13.8 Å². The second-order valence-corrected chi connectivity index (χ2v) is 8.26. The van der Waals surface area contributed by atoms with E-state index in [4.69, 9.17) is 26.9 Å². The maximum Gasteiger partial charge on any atom is 2.00 e. The Morgan fingerprint density at radius 3 is 1.64 bits per heavy atom. The van der Waals surface area contributed by atoms with Crippen LogP contribution in [0.1, 0.15) is 13.8 Å². The molecule has 0 aliphatic heterocycles. The molecule has 128 valence electrons. The Morgan fingerprint density at radius 2 is 1.50 bits per heavy atom. The topological polar surface area (TPSA) is 180 Å². The van der Waals surface area contributed by atoms with E-state index in [1.165, 1.54) is 0 Å². The van der Waals surface area contributed by atoms with Gasteiger partial charge in [0.2, 0.25) is 0 Å². The summed E-state index contributed by atoms with van der Waals surface area (Å²) in [5, 5.41) is 0. The average Bonchev–Trinajstić information content (AvgIpc) is 2.10. The second kappa shape index (κ2) is 11.8. The van der Waals surface area contributed by atoms with Gasteiger partial charge in [-0.2, -0.15) is 4.31 Å². The predicted octanol–water partition coefficient (Wildman–Crippen LogP) is -0.418. The van der Waals surface area contributed by atoms with E-state index in [1.807, 2.05) is 4.90 Å². The fraction of sp³-hybridized carbons (Fsp3) is 0.800. The van der Waals surface area contributed by atoms with Crippen LogP contribution in [-0.4, -0.2) is 37.0 Å². The van der Waals surface area contributed by atoms with Crippen LogP contribution in [0.3, 0.4) is 0 Å². The first-order chi connectivity index (χ1) is 9.13. The number of nitrogens with zero attached hydrogens (tertiary/aromatic N) is 1. The molecule has 0 aliphatic rings. The van der Waals surface area contributed by atoms with E-state index >= 15 is 0 Å². The third-order valence-corrected chi connectivity index (χ3v) is 5.29. The molecule has 1 unspecified atom stereocenters. The van der Waals surface area contributed by atoms with Gasteiger partial charge in [-0.05, 0) is 13.8 Å². The molecule has 0 radical (unpaired) electrons. The molecule has 0 aromatic heterocycles. The summed E-state index contributed by atoms with van der Waals surface area (Å²) in [6.07, 6.45) is 0. The minimum atomic E-state index is -5.85. The van der Waals surface area contributed by atoms with Gasteiger partial charge < -0.3 is 33.9 Å². The van der Waals surface area contributed by atoms with Crippen LogP contribution < -0.4 is 9.79 Å². The summed E-state index contributed by atoms with van der Waals surface area (Å²) < 4.78 is 36.4. The zero-order valence-corrected chi connectivity index (χ0v) is 18.8. The summed E-state index contributed by atoms with van der Waals surface area (Å²) in [5.74, 6) is 0. The van der Waals surface area contributed by atoms with Crippen molar-refractivity contribution in [3.8, 4) is 0 Å². The second-order valence-electron chi connectivity index (χ2n) is 3.02. The van der Waals surface area contributed by atoms with Crippen LogP contribution in [0.25, 0.3) is 0 Å². The number of hydrogen-bond donors (Lipinski definition) is 4. The van der Waals surface area contributed by atoms with Gasteiger partial charge in [0.15, 0.2) is 0 Å². The van der Waals surface area contributed by atoms with Crippen molar-refractivity contribution in [2.24, 2.45) is 0 Å². The number of hydrogen-bond acceptors (Lipinski definition) is 8. The minimum absolute atomic E-state index is 0. The molecule has 0 saturated carbocycles. The molecule has 0 fully saturated rings. The maximum absolute atomic E-state index is 10.3. The normalized spacial score (nSPS) is 14.0.